The van der Waals surface area contributed by atoms with Gasteiger partial charge in [0.1, 0.15) is 4.61 Å². The van der Waals surface area contributed by atoms with Crippen molar-refractivity contribution in [2.45, 2.75) is 6.92 Å². The van der Waals surface area contributed by atoms with Crippen molar-refractivity contribution < 1.29 is 0 Å². The van der Waals surface area contributed by atoms with Crippen molar-refractivity contribution in [3.05, 3.63) is 23.1 Å². The number of hydrogen-bond acceptors (Lipinski definition) is 2. The Balaban J connectivity index is 2.69. The molecule has 0 saturated heterocycles. The number of hydrogen-bond donors (Lipinski definition) is 0. The Morgan fingerprint density at radius 1 is 1.90 bits per heavy atom. The van der Waals surface area contributed by atoms with Crippen LogP contribution in [0.3, 0.4) is 0 Å². The third-order valence-electron chi connectivity index (χ3n) is 1.25. The summed E-state index contributed by atoms with van der Waals surface area (Å²) in [4.78, 5) is 6.06. The van der Waals surface area contributed by atoms with E-state index in [2.05, 4.69) is 27.5 Å². The van der Waals surface area contributed by atoms with Gasteiger partial charge in [-0.3, -0.25) is 4.99 Å². The fourth-order valence-electron chi connectivity index (χ4n) is 0.697. The second-order valence-corrected chi connectivity index (χ2v) is 2.96. The van der Waals surface area contributed by atoms with E-state index in [1.807, 2.05) is 24.2 Å². The topological polar surface area (TPSA) is 15.6 Å². The summed E-state index contributed by atoms with van der Waals surface area (Å²) in [5.74, 6) is 0. The molecule has 10 heavy (non-hydrogen) atoms. The average molecular weight is 201 g/mol. The van der Waals surface area contributed by atoms with Crippen LogP contribution in [-0.2, 0) is 0 Å². The number of allylic oxidation sites excluding steroid dienone is 1. The summed E-state index contributed by atoms with van der Waals surface area (Å²) >= 11 is 3.28. The third-order valence-corrected chi connectivity index (χ3v) is 1.66. The van der Waals surface area contributed by atoms with Gasteiger partial charge in [0.2, 0.25) is 0 Å². The molecule has 0 saturated carbocycles. The van der Waals surface area contributed by atoms with Crippen LogP contribution in [0.2, 0.25) is 0 Å². The first kappa shape index (κ1) is 7.54. The van der Waals surface area contributed by atoms with Gasteiger partial charge >= 0.3 is 0 Å². The summed E-state index contributed by atoms with van der Waals surface area (Å²) < 4.78 is 0.849. The maximum atomic E-state index is 4.03. The van der Waals surface area contributed by atoms with E-state index in [4.69, 9.17) is 0 Å². The largest absolute Gasteiger partial charge is 0.344 e. The lowest BCUT2D eigenvalue weighted by atomic mass is 10.4. The van der Waals surface area contributed by atoms with Crippen molar-refractivity contribution in [2.75, 3.05) is 6.54 Å². The summed E-state index contributed by atoms with van der Waals surface area (Å²) in [6.45, 7) is 6.60. The molecule has 0 unspecified atom stereocenters. The van der Waals surface area contributed by atoms with Gasteiger partial charge in [-0.2, -0.15) is 0 Å². The van der Waals surface area contributed by atoms with Gasteiger partial charge in [0.25, 0.3) is 0 Å². The molecule has 0 aromatic rings. The minimum Gasteiger partial charge on any atom is -0.344 e. The number of halogens is 1. The molecule has 0 spiro atoms. The van der Waals surface area contributed by atoms with Crippen LogP contribution in [-0.4, -0.2) is 17.7 Å². The molecule has 54 valence electrons. The molecule has 0 bridgehead atoms. The van der Waals surface area contributed by atoms with E-state index in [9.17, 15) is 0 Å². The first-order chi connectivity index (χ1) is 4.70. The lowest BCUT2D eigenvalue weighted by molar-refractivity contribution is 0.531. The molecule has 3 heteroatoms. The van der Waals surface area contributed by atoms with Crippen LogP contribution in [0.1, 0.15) is 6.92 Å². The third kappa shape index (κ3) is 1.70. The Bertz CT molecular complexity index is 206. The van der Waals surface area contributed by atoms with Gasteiger partial charge < -0.3 is 4.90 Å². The molecule has 1 aliphatic heterocycles. The Labute approximate surface area is 69.1 Å². The number of aliphatic imine (C=N–C) groups is 1. The van der Waals surface area contributed by atoms with Gasteiger partial charge in [-0.15, -0.1) is 0 Å². The lowest BCUT2D eigenvalue weighted by Crippen LogP contribution is -2.19. The first-order valence-corrected chi connectivity index (χ1v) is 3.81. The number of rotatable bonds is 1. The highest BCUT2D eigenvalue weighted by Crippen LogP contribution is 2.13. The Kier molecular flexibility index (Phi) is 2.27. The second kappa shape index (κ2) is 3.01. The lowest BCUT2D eigenvalue weighted by Gasteiger charge is -2.20. The van der Waals surface area contributed by atoms with Gasteiger partial charge in [0.05, 0.1) is 6.54 Å². The van der Waals surface area contributed by atoms with E-state index in [-0.39, 0.29) is 0 Å². The highest BCUT2D eigenvalue weighted by Gasteiger charge is 2.02. The van der Waals surface area contributed by atoms with Crippen LogP contribution in [0.15, 0.2) is 28.1 Å². The van der Waals surface area contributed by atoms with Crippen molar-refractivity contribution in [2.24, 2.45) is 4.99 Å². The van der Waals surface area contributed by atoms with E-state index >= 15 is 0 Å². The van der Waals surface area contributed by atoms with Crippen LogP contribution in [0.4, 0.5) is 0 Å². The molecule has 0 aliphatic carbocycles. The minimum absolute atomic E-state index is 0.824. The fourth-order valence-corrected chi connectivity index (χ4v) is 1.09. The van der Waals surface area contributed by atoms with Crippen molar-refractivity contribution in [1.29, 1.82) is 0 Å². The zero-order valence-corrected chi connectivity index (χ0v) is 7.43. The smallest absolute Gasteiger partial charge is 0.121 e. The van der Waals surface area contributed by atoms with Gasteiger partial charge in [-0.05, 0) is 22.9 Å². The highest BCUT2D eigenvalue weighted by atomic mass is 79.9. The summed E-state index contributed by atoms with van der Waals surface area (Å²) in [7, 11) is 0. The molecule has 1 rings (SSSR count). The fraction of sp³-hybridized carbons (Fsp3) is 0.286. The SMILES string of the molecule is C=C(C)N1C=C(Br)N=CC1. The standard InChI is InChI=1S/C7H9BrN2/c1-6(2)10-4-3-9-7(8)5-10/h3,5H,1,4H2,2H3. The molecule has 0 fully saturated rings. The average Bonchev–Trinajstić information content (AvgIpc) is 1.88. The van der Waals surface area contributed by atoms with E-state index in [1.54, 1.807) is 0 Å². The molecule has 0 aromatic carbocycles. The molecule has 2 nitrogen and oxygen atoms in total. The number of nitrogens with zero attached hydrogens (tertiary/aromatic N) is 2. The van der Waals surface area contributed by atoms with Gasteiger partial charge in [0, 0.05) is 18.1 Å². The highest BCUT2D eigenvalue weighted by molar-refractivity contribution is 9.11. The van der Waals surface area contributed by atoms with E-state index in [0.29, 0.717) is 0 Å². The Hall–Kier alpha value is -0.570. The van der Waals surface area contributed by atoms with E-state index in [0.717, 1.165) is 16.8 Å². The van der Waals surface area contributed by atoms with E-state index in [1.165, 1.54) is 0 Å². The monoisotopic (exact) mass is 200 g/mol. The van der Waals surface area contributed by atoms with Crippen LogP contribution in [0.5, 0.6) is 0 Å². The Morgan fingerprint density at radius 3 is 3.00 bits per heavy atom. The normalized spacial score (nSPS) is 17.0. The van der Waals surface area contributed by atoms with Crippen LogP contribution in [0.25, 0.3) is 0 Å². The quantitative estimate of drug-likeness (QED) is 0.593. The zero-order chi connectivity index (χ0) is 7.56. The molecular formula is C7H9BrN2. The van der Waals surface area contributed by atoms with Crippen molar-refractivity contribution in [1.82, 2.24) is 4.90 Å². The van der Waals surface area contributed by atoms with Crippen LogP contribution in [0, 0.1) is 0 Å². The zero-order valence-electron chi connectivity index (χ0n) is 5.84. The van der Waals surface area contributed by atoms with Gasteiger partial charge in [-0.1, -0.05) is 6.58 Å². The van der Waals surface area contributed by atoms with Gasteiger partial charge in [-0.25, -0.2) is 0 Å². The molecular weight excluding hydrogens is 192 g/mol. The second-order valence-electron chi connectivity index (χ2n) is 2.15. The van der Waals surface area contributed by atoms with Crippen molar-refractivity contribution in [3.8, 4) is 0 Å². The minimum atomic E-state index is 0.824. The van der Waals surface area contributed by atoms with Gasteiger partial charge in [0.15, 0.2) is 0 Å². The predicted octanol–water partition coefficient (Wildman–Crippen LogP) is 2.10. The van der Waals surface area contributed by atoms with E-state index < -0.39 is 0 Å². The molecule has 1 aliphatic rings. The molecule has 0 aromatic heterocycles. The molecule has 1 heterocycles. The maximum absolute atomic E-state index is 4.03. The van der Waals surface area contributed by atoms with Crippen molar-refractivity contribution >= 4 is 22.1 Å². The van der Waals surface area contributed by atoms with Crippen LogP contribution >= 0.6 is 15.9 Å². The molecule has 0 radical (unpaired) electrons. The molecule has 0 amide bonds. The first-order valence-electron chi connectivity index (χ1n) is 3.02. The Morgan fingerprint density at radius 2 is 2.60 bits per heavy atom. The molecule has 0 N–H and O–H groups in total. The summed E-state index contributed by atoms with van der Waals surface area (Å²) in [6, 6.07) is 0. The van der Waals surface area contributed by atoms with Crippen molar-refractivity contribution in [3.63, 3.8) is 0 Å². The predicted molar refractivity (Wildman–Crippen MR) is 47.0 cm³/mol. The molecule has 0 atom stereocenters. The summed E-state index contributed by atoms with van der Waals surface area (Å²) in [5.41, 5.74) is 1.03. The summed E-state index contributed by atoms with van der Waals surface area (Å²) in [6.07, 6.45) is 3.76. The van der Waals surface area contributed by atoms with Crippen LogP contribution < -0.4 is 0 Å². The maximum Gasteiger partial charge on any atom is 0.121 e. The summed E-state index contributed by atoms with van der Waals surface area (Å²) in [5, 5.41) is 0.